The highest BCUT2D eigenvalue weighted by atomic mass is 32.2. The number of aryl methyl sites for hydroxylation is 1. The topological polar surface area (TPSA) is 93.4 Å². The molecule has 0 bridgehead atoms. The summed E-state index contributed by atoms with van der Waals surface area (Å²) in [7, 11) is -3.70. The minimum absolute atomic E-state index is 0.0902. The first kappa shape index (κ1) is 20.1. The van der Waals surface area contributed by atoms with Gasteiger partial charge in [0.15, 0.2) is 15.7 Å². The predicted molar refractivity (Wildman–Crippen MR) is 99.5 cm³/mol. The molecule has 1 heterocycles. The van der Waals surface area contributed by atoms with Crippen LogP contribution in [-0.4, -0.2) is 36.8 Å². The fraction of sp³-hybridized carbons (Fsp3) is 0.500. The highest BCUT2D eigenvalue weighted by Gasteiger charge is 2.25. The van der Waals surface area contributed by atoms with Crippen molar-refractivity contribution in [3.8, 4) is 0 Å². The van der Waals surface area contributed by atoms with E-state index >= 15 is 0 Å². The molecule has 7 nitrogen and oxygen atoms in total. The summed E-state index contributed by atoms with van der Waals surface area (Å²) in [4.78, 5) is 18.1. The van der Waals surface area contributed by atoms with E-state index in [0.29, 0.717) is 30.5 Å². The van der Waals surface area contributed by atoms with Crippen molar-refractivity contribution < 1.29 is 17.7 Å². The van der Waals surface area contributed by atoms with Crippen LogP contribution in [-0.2, 0) is 26.8 Å². The molecule has 0 saturated carbocycles. The van der Waals surface area contributed by atoms with Gasteiger partial charge in [-0.1, -0.05) is 37.2 Å². The maximum absolute atomic E-state index is 12.6. The molecule has 1 amide bonds. The Morgan fingerprint density at radius 1 is 1.27 bits per heavy atom. The second-order valence-electron chi connectivity index (χ2n) is 6.66. The largest absolute Gasteiger partial charge is 0.339 e. The third kappa shape index (κ3) is 5.39. The zero-order valence-electron chi connectivity index (χ0n) is 15.6. The van der Waals surface area contributed by atoms with Crippen LogP contribution < -0.4 is 4.90 Å². The van der Waals surface area contributed by atoms with Gasteiger partial charge in [0, 0.05) is 18.7 Å². The van der Waals surface area contributed by atoms with Crippen molar-refractivity contribution in [1.82, 2.24) is 10.1 Å². The minimum atomic E-state index is -3.70. The fourth-order valence-corrected chi connectivity index (χ4v) is 3.79. The van der Waals surface area contributed by atoms with Crippen LogP contribution in [0.2, 0.25) is 0 Å². The number of para-hydroxylation sites is 1. The lowest BCUT2D eigenvalue weighted by Crippen LogP contribution is -2.36. The van der Waals surface area contributed by atoms with Crippen molar-refractivity contribution in [1.29, 1.82) is 0 Å². The molecular weight excluding hydrogens is 354 g/mol. The Labute approximate surface area is 154 Å². The number of amides is 1. The normalized spacial score (nSPS) is 11.7. The van der Waals surface area contributed by atoms with Gasteiger partial charge in [0.1, 0.15) is 11.5 Å². The Morgan fingerprint density at radius 2 is 1.96 bits per heavy atom. The Morgan fingerprint density at radius 3 is 2.58 bits per heavy atom. The van der Waals surface area contributed by atoms with E-state index < -0.39 is 27.3 Å². The summed E-state index contributed by atoms with van der Waals surface area (Å²) in [5, 5.41) is 3.71. The lowest BCUT2D eigenvalue weighted by atomic mass is 10.1. The average molecular weight is 379 g/mol. The van der Waals surface area contributed by atoms with Gasteiger partial charge in [0.25, 0.3) is 0 Å². The van der Waals surface area contributed by atoms with Gasteiger partial charge in [-0.2, -0.15) is 4.98 Å². The number of hydrogen-bond acceptors (Lipinski definition) is 6. The van der Waals surface area contributed by atoms with Gasteiger partial charge in [-0.3, -0.25) is 4.79 Å². The predicted octanol–water partition coefficient (Wildman–Crippen LogP) is 2.54. The van der Waals surface area contributed by atoms with Crippen molar-refractivity contribution in [2.45, 2.75) is 39.9 Å². The van der Waals surface area contributed by atoms with E-state index in [0.717, 1.165) is 5.56 Å². The molecule has 0 aliphatic carbocycles. The van der Waals surface area contributed by atoms with E-state index in [1.165, 1.54) is 4.90 Å². The summed E-state index contributed by atoms with van der Waals surface area (Å²) in [5.74, 6) is -0.644. The zero-order valence-corrected chi connectivity index (χ0v) is 16.4. The minimum Gasteiger partial charge on any atom is -0.339 e. The average Bonchev–Trinajstić information content (AvgIpc) is 2.94. The number of benzene rings is 1. The molecule has 2 aromatic rings. The molecule has 142 valence electrons. The molecule has 1 aromatic carbocycles. The van der Waals surface area contributed by atoms with Crippen LogP contribution in [0.1, 0.15) is 38.0 Å². The van der Waals surface area contributed by atoms with Crippen LogP contribution in [0.15, 0.2) is 28.8 Å². The number of aromatic nitrogens is 2. The number of carbonyl (C=O) groups excluding carboxylic acids is 1. The first-order chi connectivity index (χ1) is 12.2. The molecule has 8 heteroatoms. The maximum atomic E-state index is 12.6. The van der Waals surface area contributed by atoms with Gasteiger partial charge < -0.3 is 9.42 Å². The Balaban J connectivity index is 2.08. The highest BCUT2D eigenvalue weighted by molar-refractivity contribution is 7.91. The third-order valence-corrected chi connectivity index (χ3v) is 5.19. The molecule has 0 saturated heterocycles. The van der Waals surface area contributed by atoms with Gasteiger partial charge in [-0.25, -0.2) is 8.42 Å². The number of anilines is 1. The molecule has 0 N–H and O–H groups in total. The Bertz CT molecular complexity index is 859. The number of carbonyl (C=O) groups is 1. The number of hydrogen-bond donors (Lipinski definition) is 0. The van der Waals surface area contributed by atoms with Crippen LogP contribution in [0.25, 0.3) is 0 Å². The third-order valence-electron chi connectivity index (χ3n) is 3.81. The summed E-state index contributed by atoms with van der Waals surface area (Å²) in [5.41, 5.74) is 1.63. The molecular formula is C18H25N3O4S. The van der Waals surface area contributed by atoms with Crippen molar-refractivity contribution in [2.75, 3.05) is 17.2 Å². The van der Waals surface area contributed by atoms with E-state index in [9.17, 15) is 13.2 Å². The Hall–Kier alpha value is -2.22. The molecule has 26 heavy (non-hydrogen) atoms. The second-order valence-corrected chi connectivity index (χ2v) is 8.72. The van der Waals surface area contributed by atoms with E-state index in [1.54, 1.807) is 6.07 Å². The molecule has 0 aliphatic heterocycles. The lowest BCUT2D eigenvalue weighted by Gasteiger charge is -2.22. The van der Waals surface area contributed by atoms with Gasteiger partial charge in [0.2, 0.25) is 11.8 Å². The monoisotopic (exact) mass is 379 g/mol. The summed E-state index contributed by atoms with van der Waals surface area (Å²) in [6, 6.07) is 7.39. The van der Waals surface area contributed by atoms with E-state index in [-0.39, 0.29) is 5.82 Å². The summed E-state index contributed by atoms with van der Waals surface area (Å²) < 4.78 is 29.9. The SMILES string of the molecule is CCN(C(=O)CS(=O)(=O)Cc1noc(CC(C)C)n1)c1ccccc1C. The number of nitrogens with zero attached hydrogens (tertiary/aromatic N) is 3. The maximum Gasteiger partial charge on any atom is 0.242 e. The van der Waals surface area contributed by atoms with E-state index in [1.807, 2.05) is 45.9 Å². The summed E-state index contributed by atoms with van der Waals surface area (Å²) in [6.07, 6.45) is 0.586. The van der Waals surface area contributed by atoms with Crippen LogP contribution in [0.3, 0.4) is 0 Å². The molecule has 0 aliphatic rings. The van der Waals surface area contributed by atoms with Crippen LogP contribution in [0, 0.1) is 12.8 Å². The number of sulfone groups is 1. The molecule has 0 radical (unpaired) electrons. The molecule has 2 rings (SSSR count). The fourth-order valence-electron chi connectivity index (χ4n) is 2.64. The second kappa shape index (κ2) is 8.44. The van der Waals surface area contributed by atoms with E-state index in [2.05, 4.69) is 10.1 Å². The highest BCUT2D eigenvalue weighted by Crippen LogP contribution is 2.20. The van der Waals surface area contributed by atoms with Crippen molar-refractivity contribution in [2.24, 2.45) is 5.92 Å². The molecule has 0 spiro atoms. The van der Waals surface area contributed by atoms with Crippen molar-refractivity contribution in [3.63, 3.8) is 0 Å². The molecule has 1 aromatic heterocycles. The molecule has 0 atom stereocenters. The first-order valence-electron chi connectivity index (χ1n) is 8.59. The quantitative estimate of drug-likeness (QED) is 0.700. The summed E-state index contributed by atoms with van der Waals surface area (Å²) in [6.45, 7) is 8.10. The lowest BCUT2D eigenvalue weighted by molar-refractivity contribution is -0.116. The molecule has 0 fully saturated rings. The first-order valence-corrected chi connectivity index (χ1v) is 10.4. The summed E-state index contributed by atoms with van der Waals surface area (Å²) >= 11 is 0. The van der Waals surface area contributed by atoms with Crippen LogP contribution in [0.4, 0.5) is 5.69 Å². The molecule has 0 unspecified atom stereocenters. The Kier molecular flexibility index (Phi) is 6.52. The van der Waals surface area contributed by atoms with E-state index in [4.69, 9.17) is 4.52 Å². The smallest absolute Gasteiger partial charge is 0.242 e. The van der Waals surface area contributed by atoms with Crippen LogP contribution >= 0.6 is 0 Å². The van der Waals surface area contributed by atoms with Gasteiger partial charge in [0.05, 0.1) is 0 Å². The van der Waals surface area contributed by atoms with Gasteiger partial charge in [-0.15, -0.1) is 0 Å². The number of rotatable bonds is 8. The van der Waals surface area contributed by atoms with Gasteiger partial charge >= 0.3 is 0 Å². The van der Waals surface area contributed by atoms with Crippen molar-refractivity contribution in [3.05, 3.63) is 41.5 Å². The van der Waals surface area contributed by atoms with Crippen LogP contribution in [0.5, 0.6) is 0 Å². The zero-order chi connectivity index (χ0) is 19.3. The van der Waals surface area contributed by atoms with Gasteiger partial charge in [-0.05, 0) is 31.4 Å². The van der Waals surface area contributed by atoms with Crippen molar-refractivity contribution >= 4 is 21.4 Å². The standard InChI is InChI=1S/C18H25N3O4S/c1-5-21(15-9-7-6-8-14(15)4)18(22)12-26(23,24)11-16-19-17(25-20-16)10-13(2)3/h6-9,13H,5,10-12H2,1-4H3.